The molecule has 0 saturated heterocycles. The molecular formula is C21H28N2O4S. The molecule has 1 N–H and O–H groups in total. The molecule has 0 fully saturated rings. The highest BCUT2D eigenvalue weighted by atomic mass is 32.2. The van der Waals surface area contributed by atoms with Crippen molar-refractivity contribution in [3.8, 4) is 5.75 Å². The maximum Gasteiger partial charge on any atom is 0.255 e. The number of benzene rings is 2. The number of ether oxygens (including phenoxy) is 1. The van der Waals surface area contributed by atoms with Gasteiger partial charge in [0.15, 0.2) is 0 Å². The molecular weight excluding hydrogens is 376 g/mol. The predicted molar refractivity (Wildman–Crippen MR) is 111 cm³/mol. The number of anilines is 1. The molecule has 0 aliphatic carbocycles. The summed E-state index contributed by atoms with van der Waals surface area (Å²) in [4.78, 5) is 12.6. The Kier molecular flexibility index (Phi) is 7.60. The molecule has 0 aromatic heterocycles. The number of rotatable bonds is 9. The fraction of sp³-hybridized carbons (Fsp3) is 0.381. The lowest BCUT2D eigenvalue weighted by Gasteiger charge is -2.21. The van der Waals surface area contributed by atoms with Gasteiger partial charge in [-0.1, -0.05) is 13.3 Å². The van der Waals surface area contributed by atoms with E-state index >= 15 is 0 Å². The zero-order chi connectivity index (χ0) is 20.7. The summed E-state index contributed by atoms with van der Waals surface area (Å²) in [5.74, 6) is 0.462. The van der Waals surface area contributed by atoms with Crippen LogP contribution < -0.4 is 10.1 Å². The van der Waals surface area contributed by atoms with Gasteiger partial charge in [-0.15, -0.1) is 0 Å². The van der Waals surface area contributed by atoms with Crippen LogP contribution in [-0.2, 0) is 10.0 Å². The first kappa shape index (κ1) is 21.9. The summed E-state index contributed by atoms with van der Waals surface area (Å²) in [5.41, 5.74) is 1.03. The number of carbonyl (C=O) groups is 1. The van der Waals surface area contributed by atoms with Crippen molar-refractivity contribution in [1.82, 2.24) is 4.31 Å². The summed E-state index contributed by atoms with van der Waals surface area (Å²) in [5, 5.41) is 2.77. The molecule has 0 atom stereocenters. The van der Waals surface area contributed by atoms with Crippen LogP contribution in [0.15, 0.2) is 53.4 Å². The Bertz CT molecular complexity index is 876. The number of hydrogen-bond donors (Lipinski definition) is 1. The Morgan fingerprint density at radius 1 is 1.07 bits per heavy atom. The summed E-state index contributed by atoms with van der Waals surface area (Å²) < 4.78 is 31.9. The van der Waals surface area contributed by atoms with E-state index in [2.05, 4.69) is 12.2 Å². The van der Waals surface area contributed by atoms with Crippen molar-refractivity contribution in [3.63, 3.8) is 0 Å². The second-order valence-corrected chi connectivity index (χ2v) is 8.82. The minimum atomic E-state index is -3.54. The van der Waals surface area contributed by atoms with E-state index in [1.54, 1.807) is 43.4 Å². The van der Waals surface area contributed by atoms with Gasteiger partial charge in [0.1, 0.15) is 5.75 Å². The van der Waals surface area contributed by atoms with Crippen LogP contribution >= 0.6 is 0 Å². The first-order valence-electron chi connectivity index (χ1n) is 9.38. The van der Waals surface area contributed by atoms with E-state index in [0.717, 1.165) is 18.6 Å². The summed E-state index contributed by atoms with van der Waals surface area (Å²) in [7, 11) is -2.00. The minimum absolute atomic E-state index is 0.140. The highest BCUT2D eigenvalue weighted by molar-refractivity contribution is 7.89. The summed E-state index contributed by atoms with van der Waals surface area (Å²) in [6, 6.07) is 13.0. The number of carbonyl (C=O) groups excluding carboxylic acids is 1. The van der Waals surface area contributed by atoms with E-state index in [1.165, 1.54) is 16.4 Å². The van der Waals surface area contributed by atoms with Gasteiger partial charge in [0.25, 0.3) is 5.91 Å². The van der Waals surface area contributed by atoms with Crippen molar-refractivity contribution in [2.45, 2.75) is 44.6 Å². The molecule has 0 heterocycles. The highest BCUT2D eigenvalue weighted by Crippen LogP contribution is 2.20. The van der Waals surface area contributed by atoms with Crippen molar-refractivity contribution in [3.05, 3.63) is 54.1 Å². The number of nitrogens with one attached hydrogen (secondary N) is 1. The monoisotopic (exact) mass is 404 g/mol. The number of nitrogens with zero attached hydrogens (tertiary/aromatic N) is 1. The zero-order valence-corrected chi connectivity index (χ0v) is 17.6. The highest BCUT2D eigenvalue weighted by Gasteiger charge is 2.22. The molecule has 0 aliphatic rings. The molecule has 152 valence electrons. The molecule has 28 heavy (non-hydrogen) atoms. The SMILES string of the molecule is CCCCOc1ccc(C(=O)Nc2ccc(S(=O)(=O)N(C)C(C)C)cc2)cc1. The van der Waals surface area contributed by atoms with Crippen LogP contribution in [0.2, 0.25) is 0 Å². The molecule has 0 spiro atoms. The first-order valence-corrected chi connectivity index (χ1v) is 10.8. The molecule has 2 aromatic rings. The number of amides is 1. The van der Waals surface area contributed by atoms with Crippen LogP contribution in [0.3, 0.4) is 0 Å². The fourth-order valence-corrected chi connectivity index (χ4v) is 3.76. The van der Waals surface area contributed by atoms with Gasteiger partial charge in [-0.2, -0.15) is 4.31 Å². The van der Waals surface area contributed by atoms with E-state index in [9.17, 15) is 13.2 Å². The van der Waals surface area contributed by atoms with Crippen molar-refractivity contribution >= 4 is 21.6 Å². The molecule has 2 rings (SSSR count). The molecule has 0 bridgehead atoms. The topological polar surface area (TPSA) is 75.7 Å². The molecule has 2 aromatic carbocycles. The largest absolute Gasteiger partial charge is 0.494 e. The van der Waals surface area contributed by atoms with Gasteiger partial charge >= 0.3 is 0 Å². The summed E-state index contributed by atoms with van der Waals surface area (Å²) in [6.45, 7) is 6.38. The number of sulfonamides is 1. The molecule has 0 saturated carbocycles. The summed E-state index contributed by atoms with van der Waals surface area (Å²) in [6.07, 6.45) is 2.05. The predicted octanol–water partition coefficient (Wildman–Crippen LogP) is 4.15. The number of hydrogen-bond acceptors (Lipinski definition) is 4. The molecule has 7 heteroatoms. The van der Waals surface area contributed by atoms with E-state index in [1.807, 2.05) is 13.8 Å². The smallest absolute Gasteiger partial charge is 0.255 e. The Labute approximate surface area is 167 Å². The average molecular weight is 405 g/mol. The molecule has 1 amide bonds. The average Bonchev–Trinajstić information content (AvgIpc) is 2.68. The van der Waals surface area contributed by atoms with Crippen LogP contribution in [0.4, 0.5) is 5.69 Å². The Morgan fingerprint density at radius 2 is 1.68 bits per heavy atom. The molecule has 6 nitrogen and oxygen atoms in total. The maximum absolute atomic E-state index is 12.5. The fourth-order valence-electron chi connectivity index (χ4n) is 2.39. The third-order valence-corrected chi connectivity index (χ3v) is 6.45. The van der Waals surface area contributed by atoms with E-state index in [-0.39, 0.29) is 16.8 Å². The van der Waals surface area contributed by atoms with Crippen molar-refractivity contribution in [2.24, 2.45) is 0 Å². The van der Waals surface area contributed by atoms with Crippen molar-refractivity contribution < 1.29 is 17.9 Å². The van der Waals surface area contributed by atoms with Crippen molar-refractivity contribution in [1.29, 1.82) is 0 Å². The van der Waals surface area contributed by atoms with Crippen LogP contribution in [0.5, 0.6) is 5.75 Å². The van der Waals surface area contributed by atoms with E-state index in [4.69, 9.17) is 4.74 Å². The Hall–Kier alpha value is -2.38. The standard InChI is InChI=1S/C21H28N2O4S/c1-5-6-15-27-19-11-7-17(8-12-19)21(24)22-18-9-13-20(14-10-18)28(25,26)23(4)16(2)3/h7-14,16H,5-6,15H2,1-4H3,(H,22,24). The van der Waals surface area contributed by atoms with Gasteiger partial charge in [-0.3, -0.25) is 4.79 Å². The zero-order valence-electron chi connectivity index (χ0n) is 16.8. The number of unbranched alkanes of at least 4 members (excludes halogenated alkanes) is 1. The van der Waals surface area contributed by atoms with Crippen molar-refractivity contribution in [2.75, 3.05) is 19.0 Å². The van der Waals surface area contributed by atoms with Gasteiger partial charge in [0.05, 0.1) is 11.5 Å². The third kappa shape index (κ3) is 5.56. The van der Waals surface area contributed by atoms with Gasteiger partial charge in [-0.05, 0) is 68.8 Å². The van der Waals surface area contributed by atoms with Gasteiger partial charge < -0.3 is 10.1 Å². The second kappa shape index (κ2) is 9.71. The lowest BCUT2D eigenvalue weighted by molar-refractivity contribution is 0.102. The van der Waals surface area contributed by atoms with Gasteiger partial charge in [-0.25, -0.2) is 8.42 Å². The van der Waals surface area contributed by atoms with Crippen LogP contribution in [0.25, 0.3) is 0 Å². The maximum atomic E-state index is 12.5. The van der Waals surface area contributed by atoms with E-state index < -0.39 is 10.0 Å². The van der Waals surface area contributed by atoms with Crippen LogP contribution in [0, 0.1) is 0 Å². The molecule has 0 aliphatic heterocycles. The Balaban J connectivity index is 2.03. The Morgan fingerprint density at radius 3 is 2.21 bits per heavy atom. The lowest BCUT2D eigenvalue weighted by atomic mass is 10.2. The van der Waals surface area contributed by atoms with Gasteiger partial charge in [0, 0.05) is 24.3 Å². The normalized spacial score (nSPS) is 11.6. The van der Waals surface area contributed by atoms with Gasteiger partial charge in [0.2, 0.25) is 10.0 Å². The summed E-state index contributed by atoms with van der Waals surface area (Å²) >= 11 is 0. The second-order valence-electron chi connectivity index (χ2n) is 6.82. The lowest BCUT2D eigenvalue weighted by Crippen LogP contribution is -2.33. The molecule has 0 radical (unpaired) electrons. The first-order chi connectivity index (χ1) is 13.3. The van der Waals surface area contributed by atoms with E-state index in [0.29, 0.717) is 17.9 Å². The third-order valence-electron chi connectivity index (χ3n) is 4.40. The van der Waals surface area contributed by atoms with Crippen LogP contribution in [0.1, 0.15) is 44.0 Å². The molecule has 0 unspecified atom stereocenters. The quantitative estimate of drug-likeness (QED) is 0.637. The van der Waals surface area contributed by atoms with Crippen LogP contribution in [-0.4, -0.2) is 38.3 Å². The minimum Gasteiger partial charge on any atom is -0.494 e.